The molecule has 1 unspecified atom stereocenters. The van der Waals surface area contributed by atoms with Gasteiger partial charge in [0.15, 0.2) is 0 Å². The van der Waals surface area contributed by atoms with Crippen molar-refractivity contribution in [3.05, 3.63) is 42.5 Å². The van der Waals surface area contributed by atoms with Crippen LogP contribution in [0.4, 0.5) is 0 Å². The first kappa shape index (κ1) is 18.3. The van der Waals surface area contributed by atoms with E-state index < -0.39 is 34.5 Å². The second-order valence-electron chi connectivity index (χ2n) is 6.33. The van der Waals surface area contributed by atoms with E-state index in [-0.39, 0.29) is 4.90 Å². The summed E-state index contributed by atoms with van der Waals surface area (Å²) >= 11 is 0. The Morgan fingerprint density at radius 1 is 1.15 bits per heavy atom. The minimum Gasteiger partial charge on any atom is -0.480 e. The maximum Gasteiger partial charge on any atom is 0.323 e. The molecule has 7 nitrogen and oxygen atoms in total. The standard InChI is InChI=1S/C18H20N2O5S/c21-17(22)12-20-10-4-3-7-16(18(20)23)19-26(24,25)15-9-8-13-5-1-2-6-14(13)11-15/h1-2,5-6,8-9,11,16,19H,3-4,7,10,12H2,(H,21,22). The molecule has 1 aliphatic rings. The Morgan fingerprint density at radius 3 is 2.62 bits per heavy atom. The number of carbonyl (C=O) groups excluding carboxylic acids is 1. The quantitative estimate of drug-likeness (QED) is 0.825. The number of carboxylic acid groups (broad SMARTS) is 1. The summed E-state index contributed by atoms with van der Waals surface area (Å²) in [5.41, 5.74) is 0. The van der Waals surface area contributed by atoms with Crippen molar-refractivity contribution in [3.8, 4) is 0 Å². The van der Waals surface area contributed by atoms with E-state index in [0.29, 0.717) is 25.8 Å². The minimum atomic E-state index is -3.90. The number of sulfonamides is 1. The highest BCUT2D eigenvalue weighted by Gasteiger charge is 2.31. The normalized spacial score (nSPS) is 18.7. The predicted octanol–water partition coefficient (Wildman–Crippen LogP) is 1.58. The average molecular weight is 376 g/mol. The zero-order valence-corrected chi connectivity index (χ0v) is 14.9. The van der Waals surface area contributed by atoms with Gasteiger partial charge in [0, 0.05) is 6.54 Å². The molecule has 8 heteroatoms. The smallest absolute Gasteiger partial charge is 0.323 e. The predicted molar refractivity (Wildman–Crippen MR) is 96.1 cm³/mol. The van der Waals surface area contributed by atoms with Gasteiger partial charge in [-0.25, -0.2) is 8.42 Å². The van der Waals surface area contributed by atoms with Crippen LogP contribution in [0, 0.1) is 0 Å². The number of likely N-dealkylation sites (tertiary alicyclic amines) is 1. The van der Waals surface area contributed by atoms with Crippen LogP contribution in [0.25, 0.3) is 10.8 Å². The average Bonchev–Trinajstić information content (AvgIpc) is 2.76. The van der Waals surface area contributed by atoms with Crippen LogP contribution in [-0.4, -0.2) is 49.4 Å². The van der Waals surface area contributed by atoms with Gasteiger partial charge in [0.2, 0.25) is 15.9 Å². The summed E-state index contributed by atoms with van der Waals surface area (Å²) in [7, 11) is -3.90. The molecule has 1 heterocycles. The van der Waals surface area contributed by atoms with Gasteiger partial charge < -0.3 is 10.0 Å². The lowest BCUT2D eigenvalue weighted by Gasteiger charge is -2.23. The number of fused-ring (bicyclic) bond motifs is 1. The number of carboxylic acids is 1. The molecular formula is C18H20N2O5S. The van der Waals surface area contributed by atoms with Gasteiger partial charge in [-0.15, -0.1) is 0 Å². The fourth-order valence-corrected chi connectivity index (χ4v) is 4.38. The topological polar surface area (TPSA) is 104 Å². The van der Waals surface area contributed by atoms with Crippen LogP contribution in [0.15, 0.2) is 47.4 Å². The zero-order valence-electron chi connectivity index (χ0n) is 14.1. The molecule has 1 aliphatic heterocycles. The van der Waals surface area contributed by atoms with Gasteiger partial charge in [0.25, 0.3) is 0 Å². The minimum absolute atomic E-state index is 0.0815. The van der Waals surface area contributed by atoms with E-state index in [1.165, 1.54) is 11.0 Å². The van der Waals surface area contributed by atoms with E-state index >= 15 is 0 Å². The molecule has 1 amide bonds. The lowest BCUT2D eigenvalue weighted by atomic mass is 10.1. The van der Waals surface area contributed by atoms with Gasteiger partial charge in [-0.1, -0.05) is 30.3 Å². The van der Waals surface area contributed by atoms with Crippen LogP contribution in [-0.2, 0) is 19.6 Å². The monoisotopic (exact) mass is 376 g/mol. The first-order chi connectivity index (χ1) is 12.4. The van der Waals surface area contributed by atoms with Crippen LogP contribution in [0.1, 0.15) is 19.3 Å². The number of nitrogens with one attached hydrogen (secondary N) is 1. The first-order valence-electron chi connectivity index (χ1n) is 8.38. The second kappa shape index (κ2) is 7.43. The number of hydrogen-bond acceptors (Lipinski definition) is 4. The van der Waals surface area contributed by atoms with E-state index in [2.05, 4.69) is 4.72 Å². The molecule has 0 aliphatic carbocycles. The molecule has 1 fully saturated rings. The summed E-state index contributed by atoms with van der Waals surface area (Å²) in [4.78, 5) is 24.7. The van der Waals surface area contributed by atoms with Crippen molar-refractivity contribution in [1.82, 2.24) is 9.62 Å². The molecule has 2 aromatic carbocycles. The Kier molecular flexibility index (Phi) is 5.24. The fraction of sp³-hybridized carbons (Fsp3) is 0.333. The lowest BCUT2D eigenvalue weighted by molar-refractivity contribution is -0.144. The van der Waals surface area contributed by atoms with Crippen LogP contribution in [0.3, 0.4) is 0 Å². The first-order valence-corrected chi connectivity index (χ1v) is 9.87. The molecule has 2 aromatic rings. The van der Waals surface area contributed by atoms with Crippen LogP contribution < -0.4 is 4.72 Å². The Bertz CT molecular complexity index is 942. The largest absolute Gasteiger partial charge is 0.480 e. The highest BCUT2D eigenvalue weighted by molar-refractivity contribution is 7.89. The third-order valence-electron chi connectivity index (χ3n) is 4.44. The van der Waals surface area contributed by atoms with Gasteiger partial charge in [-0.2, -0.15) is 4.72 Å². The van der Waals surface area contributed by atoms with E-state index in [4.69, 9.17) is 5.11 Å². The van der Waals surface area contributed by atoms with Crippen molar-refractivity contribution >= 4 is 32.7 Å². The molecule has 1 atom stereocenters. The third-order valence-corrected chi connectivity index (χ3v) is 5.90. The summed E-state index contributed by atoms with van der Waals surface area (Å²) < 4.78 is 27.9. The number of carbonyl (C=O) groups is 2. The summed E-state index contributed by atoms with van der Waals surface area (Å²) in [6.07, 6.45) is 1.64. The molecule has 0 radical (unpaired) electrons. The SMILES string of the molecule is O=C(O)CN1CCCCC(NS(=O)(=O)c2ccc3ccccc3c2)C1=O. The number of amides is 1. The second-order valence-corrected chi connectivity index (χ2v) is 8.05. The molecule has 26 heavy (non-hydrogen) atoms. The number of nitrogens with zero attached hydrogens (tertiary/aromatic N) is 1. The highest BCUT2D eigenvalue weighted by Crippen LogP contribution is 2.20. The Labute approximate surface area is 151 Å². The summed E-state index contributed by atoms with van der Waals surface area (Å²) in [5, 5.41) is 10.6. The fourth-order valence-electron chi connectivity index (χ4n) is 3.12. The maximum absolute atomic E-state index is 12.7. The van der Waals surface area contributed by atoms with Crippen molar-refractivity contribution in [2.75, 3.05) is 13.1 Å². The molecule has 3 rings (SSSR count). The molecule has 0 spiro atoms. The maximum atomic E-state index is 12.7. The summed E-state index contributed by atoms with van der Waals surface area (Å²) in [6, 6.07) is 11.2. The van der Waals surface area contributed by atoms with Gasteiger partial charge >= 0.3 is 5.97 Å². The van der Waals surface area contributed by atoms with E-state index in [9.17, 15) is 18.0 Å². The van der Waals surface area contributed by atoms with Crippen molar-refractivity contribution in [3.63, 3.8) is 0 Å². The third kappa shape index (κ3) is 4.03. The number of aliphatic carboxylic acids is 1. The van der Waals surface area contributed by atoms with Crippen molar-refractivity contribution in [2.45, 2.75) is 30.2 Å². The van der Waals surface area contributed by atoms with Gasteiger partial charge in [-0.05, 0) is 42.2 Å². The van der Waals surface area contributed by atoms with Gasteiger partial charge in [-0.3, -0.25) is 9.59 Å². The van der Waals surface area contributed by atoms with Gasteiger partial charge in [0.05, 0.1) is 4.90 Å². The summed E-state index contributed by atoms with van der Waals surface area (Å²) in [5.74, 6) is -1.61. The van der Waals surface area contributed by atoms with E-state index in [1.807, 2.05) is 24.3 Å². The Morgan fingerprint density at radius 2 is 1.88 bits per heavy atom. The zero-order chi connectivity index (χ0) is 18.7. The van der Waals surface area contributed by atoms with Crippen molar-refractivity contribution in [1.29, 1.82) is 0 Å². The van der Waals surface area contributed by atoms with Crippen LogP contribution in [0.2, 0.25) is 0 Å². The Balaban J connectivity index is 1.84. The van der Waals surface area contributed by atoms with Crippen LogP contribution >= 0.6 is 0 Å². The molecule has 0 saturated carbocycles. The summed E-state index contributed by atoms with van der Waals surface area (Å²) in [6.45, 7) is -0.105. The molecule has 2 N–H and O–H groups in total. The van der Waals surface area contributed by atoms with E-state index in [0.717, 1.165) is 10.8 Å². The molecule has 0 bridgehead atoms. The lowest BCUT2D eigenvalue weighted by Crippen LogP contribution is -2.48. The number of rotatable bonds is 5. The molecule has 1 saturated heterocycles. The van der Waals surface area contributed by atoms with Crippen molar-refractivity contribution < 1.29 is 23.1 Å². The number of hydrogen-bond donors (Lipinski definition) is 2. The molecular weight excluding hydrogens is 356 g/mol. The van der Waals surface area contributed by atoms with Crippen LogP contribution in [0.5, 0.6) is 0 Å². The Hall–Kier alpha value is -2.45. The van der Waals surface area contributed by atoms with Crippen molar-refractivity contribution in [2.24, 2.45) is 0 Å². The van der Waals surface area contributed by atoms with Gasteiger partial charge in [0.1, 0.15) is 12.6 Å². The number of benzene rings is 2. The highest BCUT2D eigenvalue weighted by atomic mass is 32.2. The van der Waals surface area contributed by atoms with E-state index in [1.54, 1.807) is 12.1 Å². The molecule has 138 valence electrons. The molecule has 0 aromatic heterocycles.